The highest BCUT2D eigenvalue weighted by Crippen LogP contribution is 2.29. The molecule has 2 heteroatoms. The van der Waals surface area contributed by atoms with Gasteiger partial charge in [0.25, 0.3) is 0 Å². The third kappa shape index (κ3) is 1.22. The Morgan fingerprint density at radius 3 is 3.00 bits per heavy atom. The first kappa shape index (κ1) is 8.48. The summed E-state index contributed by atoms with van der Waals surface area (Å²) < 4.78 is 7.50. The van der Waals surface area contributed by atoms with Crippen LogP contribution in [0.4, 0.5) is 0 Å². The van der Waals surface area contributed by atoms with Gasteiger partial charge in [-0.25, -0.2) is 0 Å². The van der Waals surface area contributed by atoms with E-state index in [4.69, 9.17) is 4.74 Å². The fourth-order valence-corrected chi connectivity index (χ4v) is 2.10. The Bertz CT molecular complexity index is 520. The average Bonchev–Trinajstić information content (AvgIpc) is 2.66. The van der Waals surface area contributed by atoms with E-state index in [9.17, 15) is 0 Å². The van der Waals surface area contributed by atoms with Crippen LogP contribution >= 0.6 is 0 Å². The second kappa shape index (κ2) is 3.09. The van der Waals surface area contributed by atoms with Crippen LogP contribution in [0.15, 0.2) is 42.6 Å². The predicted molar refractivity (Wildman–Crippen MR) is 57.7 cm³/mol. The Kier molecular flexibility index (Phi) is 1.75. The summed E-state index contributed by atoms with van der Waals surface area (Å²) in [5.41, 5.74) is 3.92. The van der Waals surface area contributed by atoms with E-state index in [-0.39, 0.29) is 0 Å². The standard InChI is InChI=1S/C13H12NO/c1-15-11-6-5-10-9-14-7-3-2-4-13(14)12(10)8-11/h2-8H,9H2,1H3/q+1. The molecule has 74 valence electrons. The van der Waals surface area contributed by atoms with E-state index in [2.05, 4.69) is 41.1 Å². The Morgan fingerprint density at radius 1 is 1.20 bits per heavy atom. The number of fused-ring (bicyclic) bond motifs is 3. The van der Waals surface area contributed by atoms with Crippen LogP contribution in [-0.2, 0) is 6.54 Å². The van der Waals surface area contributed by atoms with Crippen molar-refractivity contribution in [3.8, 4) is 17.0 Å². The SMILES string of the molecule is COc1ccc2c(c1)-c1cccc[n+]1C2. The van der Waals surface area contributed by atoms with Crippen LogP contribution in [0.25, 0.3) is 11.3 Å². The molecule has 0 fully saturated rings. The maximum absolute atomic E-state index is 5.25. The molecule has 0 amide bonds. The van der Waals surface area contributed by atoms with Crippen LogP contribution in [0.1, 0.15) is 5.56 Å². The first-order chi connectivity index (χ1) is 7.38. The molecule has 0 spiro atoms. The summed E-state index contributed by atoms with van der Waals surface area (Å²) in [6.45, 7) is 0.968. The summed E-state index contributed by atoms with van der Waals surface area (Å²) in [4.78, 5) is 0. The molecule has 3 rings (SSSR count). The van der Waals surface area contributed by atoms with E-state index in [1.165, 1.54) is 16.8 Å². The van der Waals surface area contributed by atoms with Crippen molar-refractivity contribution >= 4 is 0 Å². The van der Waals surface area contributed by atoms with Crippen LogP contribution in [0.2, 0.25) is 0 Å². The smallest absolute Gasteiger partial charge is 0.213 e. The van der Waals surface area contributed by atoms with Crippen molar-refractivity contribution in [3.05, 3.63) is 48.2 Å². The van der Waals surface area contributed by atoms with Gasteiger partial charge in [0, 0.05) is 17.7 Å². The highest BCUT2D eigenvalue weighted by molar-refractivity contribution is 5.65. The Hall–Kier alpha value is -1.83. The van der Waals surface area contributed by atoms with Crippen LogP contribution in [0, 0.1) is 0 Å². The van der Waals surface area contributed by atoms with E-state index >= 15 is 0 Å². The molecule has 0 saturated heterocycles. The predicted octanol–water partition coefficient (Wildman–Crippen LogP) is 2.01. The van der Waals surface area contributed by atoms with Crippen LogP contribution in [0.3, 0.4) is 0 Å². The molecule has 1 aliphatic rings. The van der Waals surface area contributed by atoms with Crippen molar-refractivity contribution in [1.82, 2.24) is 0 Å². The fourth-order valence-electron chi connectivity index (χ4n) is 2.10. The van der Waals surface area contributed by atoms with Gasteiger partial charge in [-0.1, -0.05) is 0 Å². The molecule has 0 atom stereocenters. The normalized spacial score (nSPS) is 12.1. The van der Waals surface area contributed by atoms with E-state index in [0.29, 0.717) is 0 Å². The Morgan fingerprint density at radius 2 is 2.13 bits per heavy atom. The highest BCUT2D eigenvalue weighted by Gasteiger charge is 2.25. The molecule has 2 aromatic rings. The molecular weight excluding hydrogens is 186 g/mol. The molecule has 2 nitrogen and oxygen atoms in total. The van der Waals surface area contributed by atoms with Crippen molar-refractivity contribution in [2.24, 2.45) is 0 Å². The van der Waals surface area contributed by atoms with Gasteiger partial charge in [-0.2, -0.15) is 4.57 Å². The van der Waals surface area contributed by atoms with Gasteiger partial charge in [0.15, 0.2) is 12.7 Å². The summed E-state index contributed by atoms with van der Waals surface area (Å²) in [6.07, 6.45) is 2.11. The lowest BCUT2D eigenvalue weighted by atomic mass is 10.1. The van der Waals surface area contributed by atoms with Crippen LogP contribution < -0.4 is 9.30 Å². The van der Waals surface area contributed by atoms with Gasteiger partial charge in [0.2, 0.25) is 5.69 Å². The molecule has 2 heterocycles. The third-order valence-corrected chi connectivity index (χ3v) is 2.87. The number of benzene rings is 1. The van der Waals surface area contributed by atoms with Crippen molar-refractivity contribution < 1.29 is 9.30 Å². The van der Waals surface area contributed by atoms with Gasteiger partial charge in [0.05, 0.1) is 12.7 Å². The second-order valence-corrected chi connectivity index (χ2v) is 3.74. The summed E-state index contributed by atoms with van der Waals surface area (Å²) >= 11 is 0. The molecule has 0 aliphatic carbocycles. The minimum Gasteiger partial charge on any atom is -0.497 e. The minimum atomic E-state index is 0.922. The molecule has 0 bridgehead atoms. The van der Waals surface area contributed by atoms with E-state index in [0.717, 1.165) is 12.3 Å². The fraction of sp³-hybridized carbons (Fsp3) is 0.154. The summed E-state index contributed by atoms with van der Waals surface area (Å²) in [5, 5.41) is 0. The van der Waals surface area contributed by atoms with Crippen LogP contribution in [-0.4, -0.2) is 7.11 Å². The number of rotatable bonds is 1. The molecule has 0 saturated carbocycles. The van der Waals surface area contributed by atoms with Crippen molar-refractivity contribution in [2.75, 3.05) is 7.11 Å². The summed E-state index contributed by atoms with van der Waals surface area (Å²) in [5.74, 6) is 0.922. The molecule has 0 radical (unpaired) electrons. The minimum absolute atomic E-state index is 0.922. The molecule has 0 unspecified atom stereocenters. The monoisotopic (exact) mass is 198 g/mol. The lowest BCUT2D eigenvalue weighted by molar-refractivity contribution is -0.672. The van der Waals surface area contributed by atoms with Gasteiger partial charge in [-0.3, -0.25) is 0 Å². The molecule has 1 aliphatic heterocycles. The van der Waals surface area contributed by atoms with Gasteiger partial charge in [-0.05, 0) is 24.3 Å². The molecular formula is C13H12NO+. The van der Waals surface area contributed by atoms with Gasteiger partial charge in [-0.15, -0.1) is 0 Å². The van der Waals surface area contributed by atoms with Gasteiger partial charge >= 0.3 is 0 Å². The number of methoxy groups -OCH3 is 1. The quantitative estimate of drug-likeness (QED) is 0.545. The van der Waals surface area contributed by atoms with Gasteiger partial charge < -0.3 is 4.74 Å². The van der Waals surface area contributed by atoms with Crippen molar-refractivity contribution in [2.45, 2.75) is 6.54 Å². The lowest BCUT2D eigenvalue weighted by Crippen LogP contribution is -2.31. The van der Waals surface area contributed by atoms with Crippen molar-refractivity contribution in [1.29, 1.82) is 0 Å². The number of ether oxygens (including phenoxy) is 1. The summed E-state index contributed by atoms with van der Waals surface area (Å²) in [6, 6.07) is 12.5. The largest absolute Gasteiger partial charge is 0.497 e. The first-order valence-corrected chi connectivity index (χ1v) is 5.04. The van der Waals surface area contributed by atoms with E-state index in [1.54, 1.807) is 7.11 Å². The Balaban J connectivity index is 2.22. The zero-order valence-electron chi connectivity index (χ0n) is 8.60. The maximum atomic E-state index is 5.25. The van der Waals surface area contributed by atoms with E-state index < -0.39 is 0 Å². The van der Waals surface area contributed by atoms with Crippen LogP contribution in [0.5, 0.6) is 5.75 Å². The number of hydrogen-bond donors (Lipinski definition) is 0. The number of aromatic nitrogens is 1. The van der Waals surface area contributed by atoms with E-state index in [1.807, 2.05) is 6.07 Å². The summed E-state index contributed by atoms with van der Waals surface area (Å²) in [7, 11) is 1.70. The van der Waals surface area contributed by atoms with Crippen molar-refractivity contribution in [3.63, 3.8) is 0 Å². The number of pyridine rings is 1. The Labute approximate surface area is 88.8 Å². The molecule has 1 aromatic heterocycles. The zero-order chi connectivity index (χ0) is 10.3. The second-order valence-electron chi connectivity index (χ2n) is 3.74. The maximum Gasteiger partial charge on any atom is 0.213 e. The topological polar surface area (TPSA) is 13.1 Å². The average molecular weight is 198 g/mol. The third-order valence-electron chi connectivity index (χ3n) is 2.87. The number of nitrogens with zero attached hydrogens (tertiary/aromatic N) is 1. The highest BCUT2D eigenvalue weighted by atomic mass is 16.5. The van der Waals surface area contributed by atoms with Gasteiger partial charge in [0.1, 0.15) is 5.75 Å². The first-order valence-electron chi connectivity index (χ1n) is 5.04. The number of hydrogen-bond acceptors (Lipinski definition) is 1. The molecule has 15 heavy (non-hydrogen) atoms. The molecule has 0 N–H and O–H groups in total. The lowest BCUT2D eigenvalue weighted by Gasteiger charge is -2.00. The molecule has 1 aromatic carbocycles. The zero-order valence-corrected chi connectivity index (χ0v) is 8.60.